The van der Waals surface area contributed by atoms with Gasteiger partial charge in [-0.1, -0.05) is 19.9 Å². The van der Waals surface area contributed by atoms with Crippen molar-refractivity contribution in [3.05, 3.63) is 54.5 Å². The highest BCUT2D eigenvalue weighted by Gasteiger charge is 2.23. The van der Waals surface area contributed by atoms with Gasteiger partial charge in [0.1, 0.15) is 0 Å². The molecular weight excluding hydrogens is 344 g/mol. The molecule has 0 radical (unpaired) electrons. The molecule has 8 nitrogen and oxygen atoms in total. The van der Waals surface area contributed by atoms with Gasteiger partial charge in [-0.3, -0.25) is 9.20 Å². The van der Waals surface area contributed by atoms with Crippen LogP contribution in [0.25, 0.3) is 5.65 Å². The van der Waals surface area contributed by atoms with E-state index in [0.717, 1.165) is 5.65 Å². The van der Waals surface area contributed by atoms with Crippen LogP contribution in [-0.2, 0) is 4.79 Å². The normalized spacial score (nSPS) is 12.0. The van der Waals surface area contributed by atoms with Gasteiger partial charge in [0.25, 0.3) is 0 Å². The SMILES string of the molecule is CC(=O)Nc1ccc(NC(=O)NC(c2nnc3ccccn23)C(C)C)cc1. The fourth-order valence-electron chi connectivity index (χ4n) is 2.75. The number of benzene rings is 1. The molecule has 140 valence electrons. The number of hydrogen-bond donors (Lipinski definition) is 3. The molecule has 0 aliphatic rings. The van der Waals surface area contributed by atoms with Crippen molar-refractivity contribution in [1.29, 1.82) is 0 Å². The first-order chi connectivity index (χ1) is 12.9. The van der Waals surface area contributed by atoms with Crippen molar-refractivity contribution >= 4 is 29.0 Å². The molecule has 2 heterocycles. The molecule has 0 spiro atoms. The monoisotopic (exact) mass is 366 g/mol. The number of urea groups is 1. The summed E-state index contributed by atoms with van der Waals surface area (Å²) in [6, 6.07) is 11.9. The van der Waals surface area contributed by atoms with Crippen LogP contribution in [0.3, 0.4) is 0 Å². The number of pyridine rings is 1. The van der Waals surface area contributed by atoms with Gasteiger partial charge in [0.2, 0.25) is 5.91 Å². The van der Waals surface area contributed by atoms with Crippen LogP contribution in [0.4, 0.5) is 16.2 Å². The van der Waals surface area contributed by atoms with E-state index in [1.54, 1.807) is 24.3 Å². The van der Waals surface area contributed by atoms with Gasteiger partial charge < -0.3 is 16.0 Å². The number of hydrogen-bond acceptors (Lipinski definition) is 4. The van der Waals surface area contributed by atoms with Crippen LogP contribution >= 0.6 is 0 Å². The lowest BCUT2D eigenvalue weighted by atomic mass is 10.0. The molecule has 2 aromatic heterocycles. The predicted molar refractivity (Wildman–Crippen MR) is 103 cm³/mol. The molecule has 27 heavy (non-hydrogen) atoms. The molecule has 0 saturated carbocycles. The number of aromatic nitrogens is 3. The number of anilines is 2. The van der Waals surface area contributed by atoms with Gasteiger partial charge in [0.15, 0.2) is 11.5 Å². The molecule has 1 unspecified atom stereocenters. The number of nitrogens with zero attached hydrogens (tertiary/aromatic N) is 3. The molecule has 0 saturated heterocycles. The molecule has 0 bridgehead atoms. The molecule has 3 N–H and O–H groups in total. The van der Waals surface area contributed by atoms with Crippen LogP contribution in [0, 0.1) is 5.92 Å². The van der Waals surface area contributed by atoms with E-state index in [1.807, 2.05) is 42.6 Å². The maximum absolute atomic E-state index is 12.5. The van der Waals surface area contributed by atoms with Crippen molar-refractivity contribution in [2.24, 2.45) is 5.92 Å². The quantitative estimate of drug-likeness (QED) is 0.645. The Labute approximate surface area is 157 Å². The van der Waals surface area contributed by atoms with Crippen molar-refractivity contribution in [3.8, 4) is 0 Å². The third-order valence-corrected chi connectivity index (χ3v) is 4.03. The Hall–Kier alpha value is -3.42. The first kappa shape index (κ1) is 18.4. The molecule has 0 fully saturated rings. The summed E-state index contributed by atoms with van der Waals surface area (Å²) >= 11 is 0. The van der Waals surface area contributed by atoms with Gasteiger partial charge in [-0.05, 0) is 42.3 Å². The molecule has 1 atom stereocenters. The number of rotatable bonds is 5. The number of amides is 3. The molecule has 3 rings (SSSR count). The zero-order valence-corrected chi connectivity index (χ0v) is 15.4. The fourth-order valence-corrected chi connectivity index (χ4v) is 2.75. The number of carbonyl (C=O) groups is 2. The molecular formula is C19H22N6O2. The summed E-state index contributed by atoms with van der Waals surface area (Å²) in [5.74, 6) is 0.649. The minimum atomic E-state index is -0.339. The van der Waals surface area contributed by atoms with Gasteiger partial charge in [-0.15, -0.1) is 10.2 Å². The summed E-state index contributed by atoms with van der Waals surface area (Å²) in [4.78, 5) is 23.5. The Morgan fingerprint density at radius 3 is 2.26 bits per heavy atom. The molecule has 1 aromatic carbocycles. The van der Waals surface area contributed by atoms with Crippen LogP contribution in [0.2, 0.25) is 0 Å². The van der Waals surface area contributed by atoms with Crippen molar-refractivity contribution in [1.82, 2.24) is 19.9 Å². The van der Waals surface area contributed by atoms with Gasteiger partial charge in [0.05, 0.1) is 6.04 Å². The zero-order valence-electron chi connectivity index (χ0n) is 15.4. The van der Waals surface area contributed by atoms with E-state index in [0.29, 0.717) is 17.2 Å². The number of nitrogens with one attached hydrogen (secondary N) is 3. The summed E-state index contributed by atoms with van der Waals surface area (Å²) in [7, 11) is 0. The van der Waals surface area contributed by atoms with Crippen LogP contribution in [-0.4, -0.2) is 26.5 Å². The van der Waals surface area contributed by atoms with Crippen molar-refractivity contribution < 1.29 is 9.59 Å². The zero-order chi connectivity index (χ0) is 19.4. The summed E-state index contributed by atoms with van der Waals surface area (Å²) in [6.07, 6.45) is 1.88. The van der Waals surface area contributed by atoms with Gasteiger partial charge >= 0.3 is 6.03 Å². The summed E-state index contributed by atoms with van der Waals surface area (Å²) in [6.45, 7) is 5.47. The molecule has 0 aliphatic carbocycles. The lowest BCUT2D eigenvalue weighted by molar-refractivity contribution is -0.114. The second-order valence-electron chi connectivity index (χ2n) is 6.57. The lowest BCUT2D eigenvalue weighted by Gasteiger charge is -2.21. The molecule has 3 amide bonds. The molecule has 0 aliphatic heterocycles. The first-order valence-corrected chi connectivity index (χ1v) is 8.69. The minimum Gasteiger partial charge on any atom is -0.328 e. The van der Waals surface area contributed by atoms with E-state index >= 15 is 0 Å². The maximum Gasteiger partial charge on any atom is 0.319 e. The highest BCUT2D eigenvalue weighted by molar-refractivity contribution is 5.91. The van der Waals surface area contributed by atoms with Crippen LogP contribution in [0.1, 0.15) is 32.6 Å². The highest BCUT2D eigenvalue weighted by Crippen LogP contribution is 2.21. The highest BCUT2D eigenvalue weighted by atomic mass is 16.2. The average Bonchev–Trinajstić information content (AvgIpc) is 3.04. The third-order valence-electron chi connectivity index (χ3n) is 4.03. The molecule has 3 aromatic rings. The van der Waals surface area contributed by atoms with Crippen LogP contribution < -0.4 is 16.0 Å². The Morgan fingerprint density at radius 1 is 0.963 bits per heavy atom. The van der Waals surface area contributed by atoms with Crippen LogP contribution in [0.15, 0.2) is 48.7 Å². The second kappa shape index (κ2) is 7.86. The predicted octanol–water partition coefficient (Wildman–Crippen LogP) is 3.21. The maximum atomic E-state index is 12.5. The van der Waals surface area contributed by atoms with E-state index in [2.05, 4.69) is 26.1 Å². The van der Waals surface area contributed by atoms with Crippen molar-refractivity contribution in [2.45, 2.75) is 26.8 Å². The molecule has 8 heteroatoms. The summed E-state index contributed by atoms with van der Waals surface area (Å²) in [5, 5.41) is 16.8. The third kappa shape index (κ3) is 4.41. The number of carbonyl (C=O) groups excluding carboxylic acids is 2. The smallest absolute Gasteiger partial charge is 0.319 e. The van der Waals surface area contributed by atoms with E-state index in [9.17, 15) is 9.59 Å². The van der Waals surface area contributed by atoms with Gasteiger partial charge in [-0.2, -0.15) is 0 Å². The second-order valence-corrected chi connectivity index (χ2v) is 6.57. The minimum absolute atomic E-state index is 0.116. The lowest BCUT2D eigenvalue weighted by Crippen LogP contribution is -2.36. The van der Waals surface area contributed by atoms with Gasteiger partial charge in [-0.25, -0.2) is 4.79 Å². The Balaban J connectivity index is 1.71. The Kier molecular flexibility index (Phi) is 5.35. The first-order valence-electron chi connectivity index (χ1n) is 8.69. The van der Waals surface area contributed by atoms with Gasteiger partial charge in [0, 0.05) is 24.5 Å². The fraction of sp³-hybridized carbons (Fsp3) is 0.263. The summed E-state index contributed by atoms with van der Waals surface area (Å²) in [5.41, 5.74) is 2.02. The average molecular weight is 366 g/mol. The standard InChI is InChI=1S/C19H22N6O2/c1-12(2)17(18-24-23-16-6-4-5-11-25(16)18)22-19(27)21-15-9-7-14(8-10-15)20-13(3)26/h4-12,17H,1-3H3,(H,20,26)(H2,21,22,27). The van der Waals surface area contributed by atoms with E-state index < -0.39 is 0 Å². The largest absolute Gasteiger partial charge is 0.328 e. The Morgan fingerprint density at radius 2 is 1.63 bits per heavy atom. The van der Waals surface area contributed by atoms with E-state index in [4.69, 9.17) is 0 Å². The number of fused-ring (bicyclic) bond motifs is 1. The van der Waals surface area contributed by atoms with E-state index in [1.165, 1.54) is 6.92 Å². The van der Waals surface area contributed by atoms with Crippen molar-refractivity contribution in [2.75, 3.05) is 10.6 Å². The Bertz CT molecular complexity index is 948. The summed E-state index contributed by atoms with van der Waals surface area (Å²) < 4.78 is 1.87. The van der Waals surface area contributed by atoms with Crippen LogP contribution in [0.5, 0.6) is 0 Å². The van der Waals surface area contributed by atoms with Crippen molar-refractivity contribution in [3.63, 3.8) is 0 Å². The van der Waals surface area contributed by atoms with E-state index in [-0.39, 0.29) is 23.9 Å². The topological polar surface area (TPSA) is 100 Å².